The van der Waals surface area contributed by atoms with Gasteiger partial charge in [-0.2, -0.15) is 19.9 Å². The van der Waals surface area contributed by atoms with E-state index in [1.165, 1.54) is 0 Å². The molecular weight excluding hydrogens is 1550 g/mol. The molecule has 28 rings (SSSR count). The van der Waals surface area contributed by atoms with Gasteiger partial charge in [0, 0.05) is 53.9 Å². The van der Waals surface area contributed by atoms with E-state index >= 15 is 0 Å². The van der Waals surface area contributed by atoms with Crippen molar-refractivity contribution in [3.8, 4) is 41.4 Å². The first-order chi connectivity index (χ1) is 60.4. The van der Waals surface area contributed by atoms with Crippen LogP contribution in [0.5, 0.6) is 0 Å². The highest BCUT2D eigenvalue weighted by molar-refractivity contribution is 7.24. The fourth-order valence-electron chi connectivity index (χ4n) is 17.1. The van der Waals surface area contributed by atoms with E-state index in [1.54, 1.807) is 18.3 Å². The van der Waals surface area contributed by atoms with Crippen LogP contribution in [0.4, 0.5) is 0 Å². The molecule has 0 saturated heterocycles. The number of furan rings is 5. The largest absolute Gasteiger partial charge is 0.439 e. The van der Waals surface area contributed by atoms with Gasteiger partial charge in [0.05, 0.1) is 81.3 Å². The van der Waals surface area contributed by atoms with Crippen LogP contribution < -0.4 is 0 Å². The summed E-state index contributed by atoms with van der Waals surface area (Å²) in [4.78, 5) is 24.1. The molecule has 12 aromatic carbocycles. The zero-order chi connectivity index (χ0) is 81.5. The molecule has 0 bridgehead atoms. The van der Waals surface area contributed by atoms with Gasteiger partial charge in [-0.3, -0.25) is 4.40 Å². The third-order valence-electron chi connectivity index (χ3n) is 22.0. The van der Waals surface area contributed by atoms with Crippen LogP contribution in [-0.2, 0) is 0 Å². The summed E-state index contributed by atoms with van der Waals surface area (Å²) in [5.41, 5.74) is 16.5. The molecule has 0 aliphatic carbocycles. The Kier molecular flexibility index (Phi) is 16.4. The zero-order valence-corrected chi connectivity index (χ0v) is 66.7. The van der Waals surface area contributed by atoms with E-state index in [0.717, 1.165) is 174 Å². The summed E-state index contributed by atoms with van der Waals surface area (Å²) < 4.78 is 66.6. The molecule has 122 heavy (non-hydrogen) atoms. The minimum Gasteiger partial charge on any atom is -0.439 e. The number of thiazole rings is 1. The number of aromatic nitrogens is 15. The summed E-state index contributed by atoms with van der Waals surface area (Å²) in [6.07, 6.45) is 0. The molecule has 0 saturated carbocycles. The monoisotopic (exact) mass is 1620 g/mol. The molecule has 16 heterocycles. The van der Waals surface area contributed by atoms with Gasteiger partial charge >= 0.3 is 18.0 Å². The quantitative estimate of drug-likeness (QED) is 0.150. The van der Waals surface area contributed by atoms with Crippen molar-refractivity contribution in [3.63, 3.8) is 0 Å². The average Bonchev–Trinajstić information content (AvgIpc) is 1.54. The van der Waals surface area contributed by atoms with Gasteiger partial charge in [-0.15, -0.1) is 0 Å². The number of hydrogen-bond acceptors (Lipinski definition) is 19. The van der Waals surface area contributed by atoms with Crippen molar-refractivity contribution < 1.29 is 40.2 Å². The summed E-state index contributed by atoms with van der Waals surface area (Å²) >= 11 is 1.64. The van der Waals surface area contributed by atoms with Crippen molar-refractivity contribution in [2.24, 2.45) is 0 Å². The summed E-state index contributed by atoms with van der Waals surface area (Å²) in [5.74, 6) is 2.57. The molecule has 0 unspecified atom stereocenters. The van der Waals surface area contributed by atoms with E-state index < -0.39 is 0 Å². The van der Waals surface area contributed by atoms with Gasteiger partial charge in [-0.1, -0.05) is 250 Å². The van der Waals surface area contributed by atoms with Crippen molar-refractivity contribution in [1.29, 1.82) is 0 Å². The van der Waals surface area contributed by atoms with Crippen LogP contribution >= 0.6 is 11.3 Å². The lowest BCUT2D eigenvalue weighted by molar-refractivity contribution is 0.400. The predicted molar refractivity (Wildman–Crippen MR) is 477 cm³/mol. The van der Waals surface area contributed by atoms with Crippen LogP contribution in [0, 0.1) is 13.8 Å². The molecule has 0 N–H and O–H groups in total. The molecule has 0 amide bonds. The maximum atomic E-state index is 6.32. The van der Waals surface area contributed by atoms with E-state index in [-0.39, 0.29) is 0 Å². The molecule has 0 fully saturated rings. The maximum absolute atomic E-state index is 6.32. The first kappa shape index (κ1) is 71.0. The number of benzene rings is 12. The summed E-state index contributed by atoms with van der Waals surface area (Å²) in [7, 11) is 0. The van der Waals surface area contributed by atoms with Crippen LogP contribution in [0.15, 0.2) is 325 Å². The smallest absolute Gasteiger partial charge is 0.337 e. The van der Waals surface area contributed by atoms with Crippen molar-refractivity contribution in [2.45, 2.75) is 41.5 Å². The number of imidazole rings is 1. The Morgan fingerprint density at radius 2 is 0.549 bits per heavy atom. The third-order valence-corrected chi connectivity index (χ3v) is 23.1. The lowest BCUT2D eigenvalue weighted by atomic mass is 10.1. The minimum absolute atomic E-state index is 0.322. The summed E-state index contributed by atoms with van der Waals surface area (Å²) in [6, 6.07) is 96.2. The third kappa shape index (κ3) is 10.7. The molecule has 25 heteroatoms. The molecular formula is C97H65N15O9S. The molecule has 0 radical (unpaired) electrons. The number of aryl methyl sites for hydroxylation is 2. The number of rotatable bonds is 6. The summed E-state index contributed by atoms with van der Waals surface area (Å²) in [5, 5.41) is 32.4. The van der Waals surface area contributed by atoms with E-state index in [2.05, 4.69) is 108 Å². The molecule has 16 aromatic heterocycles. The van der Waals surface area contributed by atoms with Crippen LogP contribution in [-0.4, -0.2) is 72.8 Å². The normalized spacial score (nSPS) is 11.9. The van der Waals surface area contributed by atoms with Gasteiger partial charge in [0.2, 0.25) is 28.6 Å². The molecule has 0 aliphatic rings. The van der Waals surface area contributed by atoms with Crippen molar-refractivity contribution in [2.75, 3.05) is 0 Å². The maximum Gasteiger partial charge on any atom is 0.337 e. The summed E-state index contributed by atoms with van der Waals surface area (Å²) in [6.45, 7) is 11.6. The van der Waals surface area contributed by atoms with Gasteiger partial charge in [-0.05, 0) is 109 Å². The molecule has 588 valence electrons. The highest BCUT2D eigenvalue weighted by atomic mass is 32.1. The second-order valence-corrected chi connectivity index (χ2v) is 29.6. The molecule has 0 spiro atoms. The first-order valence-corrected chi connectivity index (χ1v) is 40.8. The topological polar surface area (TPSA) is 263 Å². The fraction of sp³-hybridized carbons (Fsp3) is 0.0619. The van der Waals surface area contributed by atoms with E-state index in [0.29, 0.717) is 70.3 Å². The Morgan fingerprint density at radius 3 is 0.910 bits per heavy atom. The molecule has 0 atom stereocenters. The molecule has 0 aliphatic heterocycles. The highest BCUT2D eigenvalue weighted by Crippen LogP contribution is 2.46. The van der Waals surface area contributed by atoms with Gasteiger partial charge in [0.15, 0.2) is 16.6 Å². The SMILES string of the molecule is CC.CC.Cc1noc(-c2cccc3c2sc2nc4ccccc4n23)n1.Cc1noc(-n2c3ccccc3c3c4ccccc4oc32)n1.c1ccc2c(c1)oc1c2c2ccccc2n1-c1noc(-n2c3ccccc3c3c4ccccc4oc32)n1.c1ccc2c(c1)oc1c2c2ccccc2n1-c1noc(-n2c3ccccc3c3c4ccccc4oc32)n1. The van der Waals surface area contributed by atoms with Crippen molar-refractivity contribution in [3.05, 3.63) is 297 Å². The zero-order valence-electron chi connectivity index (χ0n) is 65.9. The van der Waals surface area contributed by atoms with Crippen LogP contribution in [0.25, 0.3) is 232 Å². The average molecular weight is 1620 g/mol. The van der Waals surface area contributed by atoms with E-state index in [4.69, 9.17) is 55.1 Å². The Morgan fingerprint density at radius 1 is 0.254 bits per heavy atom. The second-order valence-electron chi connectivity index (χ2n) is 28.7. The minimum atomic E-state index is 0.322. The second kappa shape index (κ2) is 28.2. The van der Waals surface area contributed by atoms with Crippen LogP contribution in [0.2, 0.25) is 0 Å². The first-order valence-electron chi connectivity index (χ1n) is 40.0. The van der Waals surface area contributed by atoms with Crippen LogP contribution in [0.1, 0.15) is 39.3 Å². The van der Waals surface area contributed by atoms with Gasteiger partial charge < -0.3 is 40.2 Å². The van der Waals surface area contributed by atoms with Crippen LogP contribution in [0.3, 0.4) is 0 Å². The lowest BCUT2D eigenvalue weighted by Crippen LogP contribution is -1.98. The van der Waals surface area contributed by atoms with Gasteiger partial charge in [0.25, 0.3) is 17.8 Å². The highest BCUT2D eigenvalue weighted by Gasteiger charge is 2.30. The number of nitrogens with zero attached hydrogens (tertiary/aromatic N) is 15. The number of para-hydroxylation sites is 12. The fourth-order valence-corrected chi connectivity index (χ4v) is 18.2. The molecule has 28 aromatic rings. The van der Waals surface area contributed by atoms with Crippen molar-refractivity contribution >= 4 is 202 Å². The van der Waals surface area contributed by atoms with Gasteiger partial charge in [0.1, 0.15) is 27.9 Å². The Labute approximate surface area is 691 Å². The van der Waals surface area contributed by atoms with E-state index in [1.807, 2.05) is 270 Å². The van der Waals surface area contributed by atoms with Crippen molar-refractivity contribution in [1.82, 2.24) is 72.8 Å². The van der Waals surface area contributed by atoms with Gasteiger partial charge in [-0.25, -0.2) is 27.8 Å². The predicted octanol–water partition coefficient (Wildman–Crippen LogP) is 25.8. The van der Waals surface area contributed by atoms with E-state index in [9.17, 15) is 0 Å². The Bertz CT molecular complexity index is 8290. The Balaban J connectivity index is 0.0000000957. The lowest BCUT2D eigenvalue weighted by Gasteiger charge is -2.00. The standard InChI is InChI=1S/2C30H16N4O3.C17H11N3O2.C16H10N4OS.2C2H6/c2*1-5-13-21-17(9-1)25-19-11-3-7-15-23(19)35-27(25)33(21)29-31-30(37-32-29)34-22-14-6-2-10-18(22)26-20-12-4-8-16-24(20)36-28(26)34;1-10-18-17(22-19-10)20-13-8-4-2-6-11(13)15-12-7-3-5-9-14(12)21-16(15)20;1-9-17-15(21-19-9)10-5-4-8-13-14(10)22-16-18-11-6-2-3-7-12(11)20(13)16;2*1-2/h2*1-16H;2-9H,1H3;2-8H,1H3;2*1-2H3. The Hall–Kier alpha value is -16.4. The number of hydrogen-bond donors (Lipinski definition) is 0. The number of fused-ring (bicyclic) bond motifs is 30. The molecule has 24 nitrogen and oxygen atoms in total.